The van der Waals surface area contributed by atoms with E-state index in [2.05, 4.69) is 5.16 Å². The lowest BCUT2D eigenvalue weighted by Gasteiger charge is -2.13. The van der Waals surface area contributed by atoms with Crippen LogP contribution < -0.4 is 4.74 Å². The number of hydrogen-bond acceptors (Lipinski definition) is 4. The maximum atomic E-state index is 13.2. The predicted molar refractivity (Wildman–Crippen MR) is 64.8 cm³/mol. The highest BCUT2D eigenvalue weighted by molar-refractivity contribution is 6.00. The van der Waals surface area contributed by atoms with E-state index in [9.17, 15) is 4.39 Å². The van der Waals surface area contributed by atoms with Gasteiger partial charge in [-0.15, -0.1) is 0 Å². The van der Waals surface area contributed by atoms with Crippen LogP contribution in [-0.4, -0.2) is 30.7 Å². The Morgan fingerprint density at radius 3 is 3.11 bits per heavy atom. The molecule has 1 unspecified atom stereocenters. The number of oxime groups is 1. The summed E-state index contributed by atoms with van der Waals surface area (Å²) in [6, 6.07) is 4.17. The first-order chi connectivity index (χ1) is 8.70. The number of hydrogen-bond donors (Lipinski definition) is 1. The zero-order valence-corrected chi connectivity index (χ0v) is 10.2. The van der Waals surface area contributed by atoms with Crippen molar-refractivity contribution in [3.05, 3.63) is 29.6 Å². The summed E-state index contributed by atoms with van der Waals surface area (Å²) in [4.78, 5) is 0. The molecular weight excluding hydrogens is 237 g/mol. The molecule has 0 aliphatic carbocycles. The van der Waals surface area contributed by atoms with Gasteiger partial charge in [-0.3, -0.25) is 0 Å². The lowest BCUT2D eigenvalue weighted by atomic mass is 10.1. The second-order valence-corrected chi connectivity index (χ2v) is 4.37. The van der Waals surface area contributed by atoms with Gasteiger partial charge in [0.05, 0.1) is 18.9 Å². The standard InChI is InChI=1S/C13H16FNO3/c1-9(15-16)12-3-2-11(14)6-13(12)18-8-10-4-5-17-7-10/h2-3,6,10,16H,4-5,7-8H2,1H3. The van der Waals surface area contributed by atoms with Crippen LogP contribution in [0.1, 0.15) is 18.9 Å². The molecule has 1 saturated heterocycles. The van der Waals surface area contributed by atoms with Gasteiger partial charge < -0.3 is 14.7 Å². The van der Waals surface area contributed by atoms with E-state index in [1.165, 1.54) is 12.1 Å². The van der Waals surface area contributed by atoms with E-state index in [-0.39, 0.29) is 5.82 Å². The largest absolute Gasteiger partial charge is 0.492 e. The Labute approximate surface area is 105 Å². The molecule has 0 aromatic heterocycles. The Balaban J connectivity index is 2.11. The zero-order valence-electron chi connectivity index (χ0n) is 10.2. The van der Waals surface area contributed by atoms with Crippen molar-refractivity contribution in [1.82, 2.24) is 0 Å². The first kappa shape index (κ1) is 12.8. The maximum Gasteiger partial charge on any atom is 0.131 e. The number of halogens is 1. The summed E-state index contributed by atoms with van der Waals surface area (Å²) in [6.45, 7) is 3.55. The van der Waals surface area contributed by atoms with Gasteiger partial charge in [0, 0.05) is 24.2 Å². The van der Waals surface area contributed by atoms with E-state index >= 15 is 0 Å². The first-order valence-electron chi connectivity index (χ1n) is 5.90. The fourth-order valence-corrected chi connectivity index (χ4v) is 1.89. The van der Waals surface area contributed by atoms with Crippen molar-refractivity contribution in [3.63, 3.8) is 0 Å². The van der Waals surface area contributed by atoms with Gasteiger partial charge in [-0.1, -0.05) is 5.16 Å². The van der Waals surface area contributed by atoms with Crippen LogP contribution >= 0.6 is 0 Å². The van der Waals surface area contributed by atoms with Crippen molar-refractivity contribution >= 4 is 5.71 Å². The average molecular weight is 253 g/mol. The topological polar surface area (TPSA) is 51.1 Å². The third kappa shape index (κ3) is 2.98. The van der Waals surface area contributed by atoms with Gasteiger partial charge in [0.15, 0.2) is 0 Å². The predicted octanol–water partition coefficient (Wildman–Crippen LogP) is 2.44. The van der Waals surface area contributed by atoms with Gasteiger partial charge in [-0.05, 0) is 25.5 Å². The summed E-state index contributed by atoms with van der Waals surface area (Å²) in [5.41, 5.74) is 0.991. The summed E-state index contributed by atoms with van der Waals surface area (Å²) >= 11 is 0. The van der Waals surface area contributed by atoms with Crippen molar-refractivity contribution in [2.24, 2.45) is 11.1 Å². The maximum absolute atomic E-state index is 13.2. The molecule has 1 aliphatic rings. The highest BCUT2D eigenvalue weighted by Gasteiger charge is 2.17. The second kappa shape index (κ2) is 5.82. The SMILES string of the molecule is CC(=NO)c1ccc(F)cc1OCC1CCOC1. The van der Waals surface area contributed by atoms with E-state index in [1.54, 1.807) is 13.0 Å². The minimum Gasteiger partial charge on any atom is -0.492 e. The van der Waals surface area contributed by atoms with Gasteiger partial charge in [0.1, 0.15) is 11.6 Å². The van der Waals surface area contributed by atoms with Crippen molar-refractivity contribution in [2.45, 2.75) is 13.3 Å². The number of ether oxygens (including phenoxy) is 2. The van der Waals surface area contributed by atoms with E-state index in [1.807, 2.05) is 0 Å². The Morgan fingerprint density at radius 2 is 2.44 bits per heavy atom. The van der Waals surface area contributed by atoms with Crippen LogP contribution in [0, 0.1) is 11.7 Å². The molecule has 4 nitrogen and oxygen atoms in total. The number of benzene rings is 1. The van der Waals surface area contributed by atoms with Crippen LogP contribution in [-0.2, 0) is 4.74 Å². The molecule has 98 valence electrons. The molecule has 2 rings (SSSR count). The molecule has 0 amide bonds. The molecule has 1 atom stereocenters. The van der Waals surface area contributed by atoms with Gasteiger partial charge >= 0.3 is 0 Å². The van der Waals surface area contributed by atoms with Gasteiger partial charge in [0.2, 0.25) is 0 Å². The van der Waals surface area contributed by atoms with Crippen LogP contribution in [0.5, 0.6) is 5.75 Å². The fraction of sp³-hybridized carbons (Fsp3) is 0.462. The molecule has 18 heavy (non-hydrogen) atoms. The summed E-state index contributed by atoms with van der Waals surface area (Å²) in [6.07, 6.45) is 0.956. The monoisotopic (exact) mass is 253 g/mol. The average Bonchev–Trinajstić information content (AvgIpc) is 2.88. The second-order valence-electron chi connectivity index (χ2n) is 4.37. The van der Waals surface area contributed by atoms with Crippen LogP contribution in [0.3, 0.4) is 0 Å². The Bertz CT molecular complexity index is 442. The Kier molecular flexibility index (Phi) is 4.15. The van der Waals surface area contributed by atoms with Gasteiger partial charge in [-0.2, -0.15) is 0 Å². The van der Waals surface area contributed by atoms with Crippen molar-refractivity contribution < 1.29 is 19.1 Å². The van der Waals surface area contributed by atoms with E-state index in [0.29, 0.717) is 36.2 Å². The van der Waals surface area contributed by atoms with Crippen LogP contribution in [0.25, 0.3) is 0 Å². The minimum atomic E-state index is -0.373. The van der Waals surface area contributed by atoms with E-state index in [4.69, 9.17) is 14.7 Å². The van der Waals surface area contributed by atoms with Gasteiger partial charge in [-0.25, -0.2) is 4.39 Å². The lowest BCUT2D eigenvalue weighted by molar-refractivity contribution is 0.167. The van der Waals surface area contributed by atoms with Crippen molar-refractivity contribution in [2.75, 3.05) is 19.8 Å². The normalized spacial score (nSPS) is 20.1. The molecular formula is C13H16FNO3. The highest BCUT2D eigenvalue weighted by atomic mass is 19.1. The molecule has 1 aromatic carbocycles. The molecule has 1 fully saturated rings. The highest BCUT2D eigenvalue weighted by Crippen LogP contribution is 2.23. The van der Waals surface area contributed by atoms with E-state index in [0.717, 1.165) is 13.0 Å². The van der Waals surface area contributed by atoms with Crippen LogP contribution in [0.4, 0.5) is 4.39 Å². The molecule has 1 aliphatic heterocycles. The number of nitrogens with zero attached hydrogens (tertiary/aromatic N) is 1. The summed E-state index contributed by atoms with van der Waals surface area (Å²) in [5, 5.41) is 11.9. The van der Waals surface area contributed by atoms with E-state index < -0.39 is 0 Å². The molecule has 0 radical (unpaired) electrons. The molecule has 5 heteroatoms. The molecule has 0 saturated carbocycles. The van der Waals surface area contributed by atoms with Gasteiger partial charge in [0.25, 0.3) is 0 Å². The minimum absolute atomic E-state index is 0.340. The van der Waals surface area contributed by atoms with Crippen LogP contribution in [0.2, 0.25) is 0 Å². The number of rotatable bonds is 4. The zero-order chi connectivity index (χ0) is 13.0. The lowest BCUT2D eigenvalue weighted by Crippen LogP contribution is -2.13. The third-order valence-corrected chi connectivity index (χ3v) is 2.98. The Hall–Kier alpha value is -1.62. The van der Waals surface area contributed by atoms with Crippen LogP contribution in [0.15, 0.2) is 23.4 Å². The summed E-state index contributed by atoms with van der Waals surface area (Å²) < 4.78 is 24.1. The Morgan fingerprint density at radius 1 is 1.61 bits per heavy atom. The molecule has 1 heterocycles. The van der Waals surface area contributed by atoms with Crippen molar-refractivity contribution in [3.8, 4) is 5.75 Å². The molecule has 0 spiro atoms. The quantitative estimate of drug-likeness (QED) is 0.509. The van der Waals surface area contributed by atoms with Crippen molar-refractivity contribution in [1.29, 1.82) is 0 Å². The summed E-state index contributed by atoms with van der Waals surface area (Å²) in [5.74, 6) is 0.367. The third-order valence-electron chi connectivity index (χ3n) is 2.98. The molecule has 1 aromatic rings. The smallest absolute Gasteiger partial charge is 0.131 e. The molecule has 0 bridgehead atoms. The summed E-state index contributed by atoms with van der Waals surface area (Å²) in [7, 11) is 0. The fourth-order valence-electron chi connectivity index (χ4n) is 1.89. The first-order valence-corrected chi connectivity index (χ1v) is 5.90. The molecule has 1 N–H and O–H groups in total.